The van der Waals surface area contributed by atoms with Gasteiger partial charge in [-0.25, -0.2) is 21.1 Å². The van der Waals surface area contributed by atoms with Crippen LogP contribution in [0.25, 0.3) is 0 Å². The first-order valence-corrected chi connectivity index (χ1v) is 11.3. The number of aryl methyl sites for hydroxylation is 1. The number of hydrazone groups is 1. The molecule has 0 aliphatic carbocycles. The van der Waals surface area contributed by atoms with Gasteiger partial charge in [-0.2, -0.15) is 10.4 Å². The number of sulfonamides is 1. The van der Waals surface area contributed by atoms with Gasteiger partial charge in [0, 0.05) is 14.1 Å². The van der Waals surface area contributed by atoms with Gasteiger partial charge in [-0.1, -0.05) is 17.7 Å². The van der Waals surface area contributed by atoms with Gasteiger partial charge in [0.1, 0.15) is 6.07 Å². The maximum atomic E-state index is 13.1. The maximum absolute atomic E-state index is 13.1. The molecule has 0 heterocycles. The van der Waals surface area contributed by atoms with Crippen molar-refractivity contribution >= 4 is 37.1 Å². The lowest BCUT2D eigenvalue weighted by Crippen LogP contribution is -2.23. The monoisotopic (exact) mass is 448 g/mol. The van der Waals surface area contributed by atoms with Gasteiger partial charge in [-0.15, -0.1) is 0 Å². The van der Waals surface area contributed by atoms with E-state index in [9.17, 15) is 16.8 Å². The molecule has 30 heavy (non-hydrogen) atoms. The van der Waals surface area contributed by atoms with Gasteiger partial charge in [-0.3, -0.25) is 10.8 Å². The quantitative estimate of drug-likeness (QED) is 0.325. The third-order valence-electron chi connectivity index (χ3n) is 4.00. The van der Waals surface area contributed by atoms with Gasteiger partial charge >= 0.3 is 0 Å². The van der Waals surface area contributed by atoms with Gasteiger partial charge in [0.05, 0.1) is 20.4 Å². The standard InChI is InChI=1S/C18H20N6O4S2/c1-12-4-6-13(7-5-12)29(25,26)17-9-8-14(30(27,28)24(2)3)10-15(17)22-23-16(11-19)18(20)21/h4-10,22H,1-3H3,(H3,20,21)/b23-16+. The Bertz CT molecular complexity index is 1260. The van der Waals surface area contributed by atoms with Crippen molar-refractivity contribution in [3.8, 4) is 6.07 Å². The second-order valence-corrected chi connectivity index (χ2v) is 10.4. The van der Waals surface area contributed by atoms with E-state index in [1.165, 1.54) is 32.3 Å². The maximum Gasteiger partial charge on any atom is 0.242 e. The molecule has 10 nitrogen and oxygen atoms in total. The minimum absolute atomic E-state index is 0.00424. The first-order valence-electron chi connectivity index (χ1n) is 8.37. The highest BCUT2D eigenvalue weighted by atomic mass is 32.2. The lowest BCUT2D eigenvalue weighted by molar-refractivity contribution is 0.520. The van der Waals surface area contributed by atoms with Crippen LogP contribution in [0.4, 0.5) is 5.69 Å². The Morgan fingerprint density at radius 3 is 2.17 bits per heavy atom. The molecule has 2 aromatic rings. The number of nitrogens with two attached hydrogens (primary N) is 1. The van der Waals surface area contributed by atoms with Crippen LogP contribution in [0.2, 0.25) is 0 Å². The zero-order valence-corrected chi connectivity index (χ0v) is 18.0. The summed E-state index contributed by atoms with van der Waals surface area (Å²) in [6.07, 6.45) is 0. The lowest BCUT2D eigenvalue weighted by Gasteiger charge is -2.15. The topological polar surface area (TPSA) is 170 Å². The fraction of sp³-hybridized carbons (Fsp3) is 0.167. The van der Waals surface area contributed by atoms with Crippen molar-refractivity contribution in [1.29, 1.82) is 10.7 Å². The van der Waals surface area contributed by atoms with Crippen LogP contribution in [0.15, 0.2) is 62.3 Å². The largest absolute Gasteiger partial charge is 0.382 e. The van der Waals surface area contributed by atoms with Crippen LogP contribution in [0.5, 0.6) is 0 Å². The van der Waals surface area contributed by atoms with Crippen LogP contribution in [-0.4, -0.2) is 46.8 Å². The highest BCUT2D eigenvalue weighted by Gasteiger charge is 2.25. The van der Waals surface area contributed by atoms with Crippen LogP contribution >= 0.6 is 0 Å². The van der Waals surface area contributed by atoms with E-state index in [-0.39, 0.29) is 20.4 Å². The van der Waals surface area contributed by atoms with Gasteiger partial charge in [0.25, 0.3) is 0 Å². The number of hydrogen-bond acceptors (Lipinski definition) is 8. The zero-order chi connectivity index (χ0) is 22.7. The number of nitriles is 1. The van der Waals surface area contributed by atoms with Crippen LogP contribution in [0.1, 0.15) is 5.56 Å². The number of amidine groups is 1. The Morgan fingerprint density at radius 1 is 1.10 bits per heavy atom. The predicted octanol–water partition coefficient (Wildman–Crippen LogP) is 1.31. The molecule has 0 atom stereocenters. The van der Waals surface area contributed by atoms with E-state index in [1.807, 2.05) is 6.92 Å². The molecule has 0 aliphatic rings. The minimum atomic E-state index is -4.05. The summed E-state index contributed by atoms with van der Waals surface area (Å²) in [6, 6.07) is 11.1. The van der Waals surface area contributed by atoms with Crippen molar-refractivity contribution in [1.82, 2.24) is 4.31 Å². The molecule has 0 unspecified atom stereocenters. The lowest BCUT2D eigenvalue weighted by atomic mass is 10.2. The Hall–Kier alpha value is -3.27. The molecule has 0 amide bonds. The molecule has 0 spiro atoms. The molecule has 12 heteroatoms. The molecule has 0 saturated carbocycles. The van der Waals surface area contributed by atoms with Gasteiger partial charge < -0.3 is 5.73 Å². The van der Waals surface area contributed by atoms with Crippen molar-refractivity contribution in [3.05, 3.63) is 48.0 Å². The molecular weight excluding hydrogens is 428 g/mol. The van der Waals surface area contributed by atoms with Gasteiger partial charge in [0.15, 0.2) is 5.84 Å². The van der Waals surface area contributed by atoms with Crippen molar-refractivity contribution in [3.63, 3.8) is 0 Å². The highest BCUT2D eigenvalue weighted by molar-refractivity contribution is 7.91. The molecule has 0 aliphatic heterocycles. The molecular formula is C18H20N6O4S2. The van der Waals surface area contributed by atoms with Crippen molar-refractivity contribution in [2.24, 2.45) is 10.8 Å². The Labute approximate surface area is 175 Å². The summed E-state index contributed by atoms with van der Waals surface area (Å²) >= 11 is 0. The number of nitrogens with one attached hydrogen (secondary N) is 2. The Morgan fingerprint density at radius 2 is 1.67 bits per heavy atom. The number of benzene rings is 2. The van der Waals surface area contributed by atoms with E-state index < -0.39 is 31.4 Å². The average Bonchev–Trinajstić information content (AvgIpc) is 2.68. The highest BCUT2D eigenvalue weighted by Crippen LogP contribution is 2.31. The van der Waals surface area contributed by atoms with E-state index in [2.05, 4.69) is 10.5 Å². The molecule has 0 fully saturated rings. The Balaban J connectivity index is 2.72. The third-order valence-corrected chi connectivity index (χ3v) is 7.64. The molecule has 158 valence electrons. The molecule has 0 aromatic heterocycles. The van der Waals surface area contributed by atoms with Gasteiger partial charge in [-0.05, 0) is 37.3 Å². The smallest absolute Gasteiger partial charge is 0.242 e. The minimum Gasteiger partial charge on any atom is -0.382 e. The normalized spacial score (nSPS) is 12.4. The molecule has 0 bridgehead atoms. The first-order chi connectivity index (χ1) is 13.9. The van der Waals surface area contributed by atoms with E-state index in [0.29, 0.717) is 0 Å². The van der Waals surface area contributed by atoms with Gasteiger partial charge in [0.2, 0.25) is 25.6 Å². The van der Waals surface area contributed by atoms with E-state index in [4.69, 9.17) is 16.4 Å². The molecule has 0 saturated heterocycles. The first kappa shape index (κ1) is 23.0. The molecule has 0 radical (unpaired) electrons. The summed E-state index contributed by atoms with van der Waals surface area (Å²) in [7, 11) is -5.26. The summed E-state index contributed by atoms with van der Waals surface area (Å²) in [5.74, 6) is -0.634. The van der Waals surface area contributed by atoms with E-state index in [1.54, 1.807) is 18.2 Å². The number of hydrogen-bond donors (Lipinski definition) is 3. The zero-order valence-electron chi connectivity index (χ0n) is 16.4. The second-order valence-electron chi connectivity index (χ2n) is 6.36. The van der Waals surface area contributed by atoms with Crippen molar-refractivity contribution in [2.45, 2.75) is 21.6 Å². The summed E-state index contributed by atoms with van der Waals surface area (Å²) in [5, 5.41) is 20.0. The SMILES string of the molecule is Cc1ccc(S(=O)(=O)c2ccc(S(=O)(=O)N(C)C)cc2N/N=C(\C#N)C(=N)N)cc1. The number of anilines is 1. The summed E-state index contributed by atoms with van der Waals surface area (Å²) in [4.78, 5) is -0.446. The fourth-order valence-electron chi connectivity index (χ4n) is 2.31. The Kier molecular flexibility index (Phi) is 6.61. The number of rotatable bonds is 7. The summed E-state index contributed by atoms with van der Waals surface area (Å²) < 4.78 is 52.2. The van der Waals surface area contributed by atoms with E-state index >= 15 is 0 Å². The van der Waals surface area contributed by atoms with E-state index in [0.717, 1.165) is 22.0 Å². The second kappa shape index (κ2) is 8.62. The van der Waals surface area contributed by atoms with Crippen LogP contribution in [0, 0.1) is 23.7 Å². The fourth-order valence-corrected chi connectivity index (χ4v) is 4.63. The van der Waals surface area contributed by atoms with Crippen molar-refractivity contribution in [2.75, 3.05) is 19.5 Å². The predicted molar refractivity (Wildman–Crippen MR) is 113 cm³/mol. The van der Waals surface area contributed by atoms with Crippen LogP contribution in [0.3, 0.4) is 0 Å². The van der Waals surface area contributed by atoms with Crippen LogP contribution < -0.4 is 11.2 Å². The average molecular weight is 449 g/mol. The number of sulfone groups is 1. The summed E-state index contributed by atoms with van der Waals surface area (Å²) in [6.45, 7) is 1.81. The number of nitrogens with zero attached hydrogens (tertiary/aromatic N) is 3. The molecule has 4 N–H and O–H groups in total. The van der Waals surface area contributed by atoms with Crippen LogP contribution in [-0.2, 0) is 19.9 Å². The third kappa shape index (κ3) is 4.65. The molecule has 2 rings (SSSR count). The summed E-state index contributed by atoms with van der Waals surface area (Å²) in [5.41, 5.74) is 7.80. The van der Waals surface area contributed by atoms with Crippen molar-refractivity contribution < 1.29 is 16.8 Å². The molecule has 2 aromatic carbocycles.